The molecule has 1 aliphatic carbocycles. The van der Waals surface area contributed by atoms with Crippen LogP contribution >= 0.6 is 0 Å². The zero-order chi connectivity index (χ0) is 14.7. The van der Waals surface area contributed by atoms with E-state index < -0.39 is 5.82 Å². The fourth-order valence-corrected chi connectivity index (χ4v) is 2.99. The van der Waals surface area contributed by atoms with Gasteiger partial charge < -0.3 is 5.73 Å². The molecule has 2 aromatic rings. The van der Waals surface area contributed by atoms with Gasteiger partial charge in [-0.25, -0.2) is 9.07 Å². The van der Waals surface area contributed by atoms with Crippen molar-refractivity contribution in [2.75, 3.05) is 5.73 Å². The maximum Gasteiger partial charge on any atom is 0.182 e. The molecule has 0 amide bonds. The maximum atomic E-state index is 13.3. The topological polar surface area (TPSA) is 69.6 Å². The summed E-state index contributed by atoms with van der Waals surface area (Å²) in [6, 6.07) is 4.96. The van der Waals surface area contributed by atoms with Crippen LogP contribution in [0, 0.1) is 5.82 Å². The van der Waals surface area contributed by atoms with Crippen LogP contribution in [-0.4, -0.2) is 20.2 Å². The van der Waals surface area contributed by atoms with Crippen LogP contribution in [0.3, 0.4) is 0 Å². The second kappa shape index (κ2) is 6.20. The molecular weight excluding hydrogens is 269 g/mol. The lowest BCUT2D eigenvalue weighted by molar-refractivity contribution is 0.345. The summed E-state index contributed by atoms with van der Waals surface area (Å²) in [5, 5.41) is 12.1. The molecule has 0 saturated heterocycles. The van der Waals surface area contributed by atoms with Gasteiger partial charge in [-0.05, 0) is 41.5 Å². The highest BCUT2D eigenvalue weighted by Crippen LogP contribution is 2.29. The van der Waals surface area contributed by atoms with Gasteiger partial charge in [0.15, 0.2) is 5.82 Å². The van der Waals surface area contributed by atoms with Crippen molar-refractivity contribution in [3.05, 3.63) is 24.0 Å². The second-order valence-corrected chi connectivity index (χ2v) is 5.68. The summed E-state index contributed by atoms with van der Waals surface area (Å²) in [6.45, 7) is 0. The van der Waals surface area contributed by atoms with Crippen molar-refractivity contribution < 1.29 is 4.39 Å². The van der Waals surface area contributed by atoms with Crippen LogP contribution in [0.5, 0.6) is 0 Å². The van der Waals surface area contributed by atoms with E-state index in [1.165, 1.54) is 38.2 Å². The molecule has 5 nitrogen and oxygen atoms in total. The highest BCUT2D eigenvalue weighted by atomic mass is 19.1. The molecule has 0 unspecified atom stereocenters. The van der Waals surface area contributed by atoms with Crippen LogP contribution < -0.4 is 5.73 Å². The van der Waals surface area contributed by atoms with E-state index in [0.29, 0.717) is 11.9 Å². The molecule has 6 heteroatoms. The fraction of sp³-hybridized carbons (Fsp3) is 0.533. The van der Waals surface area contributed by atoms with E-state index in [0.717, 1.165) is 18.4 Å². The highest BCUT2D eigenvalue weighted by Gasteiger charge is 2.19. The van der Waals surface area contributed by atoms with Crippen molar-refractivity contribution >= 4 is 5.69 Å². The molecule has 0 spiro atoms. The Kier molecular flexibility index (Phi) is 4.13. The summed E-state index contributed by atoms with van der Waals surface area (Å²) in [5.74, 6) is 0.260. The Morgan fingerprint density at radius 2 is 1.81 bits per heavy atom. The molecule has 0 atom stereocenters. The number of anilines is 1. The van der Waals surface area contributed by atoms with Crippen molar-refractivity contribution in [1.82, 2.24) is 20.2 Å². The minimum atomic E-state index is -0.413. The van der Waals surface area contributed by atoms with Crippen LogP contribution in [-0.2, 0) is 0 Å². The number of hydrogen-bond acceptors (Lipinski definition) is 4. The van der Waals surface area contributed by atoms with E-state index in [4.69, 9.17) is 5.73 Å². The summed E-state index contributed by atoms with van der Waals surface area (Å²) in [4.78, 5) is 0. The number of benzene rings is 1. The standard InChI is InChI=1S/C15H20FN5/c16-13-9-8-11(10-14(13)17)15-18-19-20-21(15)12-6-4-2-1-3-5-7-12/h8-10,12H,1-7,17H2. The predicted molar refractivity (Wildman–Crippen MR) is 79.0 cm³/mol. The van der Waals surface area contributed by atoms with Crippen LogP contribution in [0.4, 0.5) is 10.1 Å². The Morgan fingerprint density at radius 1 is 1.10 bits per heavy atom. The van der Waals surface area contributed by atoms with Crippen LogP contribution in [0.25, 0.3) is 11.4 Å². The van der Waals surface area contributed by atoms with Crippen LogP contribution in [0.2, 0.25) is 0 Å². The molecule has 0 radical (unpaired) electrons. The zero-order valence-corrected chi connectivity index (χ0v) is 12.0. The molecule has 21 heavy (non-hydrogen) atoms. The molecule has 3 rings (SSSR count). The molecule has 1 aliphatic rings. The molecule has 1 saturated carbocycles. The third-order valence-electron chi connectivity index (χ3n) is 4.17. The molecule has 1 fully saturated rings. The zero-order valence-electron chi connectivity index (χ0n) is 12.0. The van der Waals surface area contributed by atoms with E-state index in [9.17, 15) is 4.39 Å². The van der Waals surface area contributed by atoms with Crippen molar-refractivity contribution in [3.8, 4) is 11.4 Å². The Labute approximate surface area is 123 Å². The Hall–Kier alpha value is -1.98. The average molecular weight is 289 g/mol. The average Bonchev–Trinajstić information content (AvgIpc) is 2.91. The SMILES string of the molecule is Nc1cc(-c2nnnn2C2CCCCCCC2)ccc1F. The third-order valence-corrected chi connectivity index (χ3v) is 4.17. The van der Waals surface area contributed by atoms with Gasteiger partial charge in [-0.15, -0.1) is 5.10 Å². The number of rotatable bonds is 2. The smallest absolute Gasteiger partial charge is 0.182 e. The quantitative estimate of drug-likeness (QED) is 0.861. The molecule has 0 bridgehead atoms. The first-order valence-corrected chi connectivity index (χ1v) is 7.59. The predicted octanol–water partition coefficient (Wildman–Crippen LogP) is 3.35. The van der Waals surface area contributed by atoms with Crippen molar-refractivity contribution in [3.63, 3.8) is 0 Å². The molecular formula is C15H20FN5. The summed E-state index contributed by atoms with van der Waals surface area (Å²) >= 11 is 0. The molecule has 0 aliphatic heterocycles. The van der Waals surface area contributed by atoms with Gasteiger partial charge in [0.2, 0.25) is 0 Å². The van der Waals surface area contributed by atoms with E-state index >= 15 is 0 Å². The Bertz CT molecular complexity index is 602. The van der Waals surface area contributed by atoms with Crippen molar-refractivity contribution in [2.45, 2.75) is 51.0 Å². The Balaban J connectivity index is 1.90. The number of tetrazole rings is 1. The van der Waals surface area contributed by atoms with Gasteiger partial charge in [0, 0.05) is 5.56 Å². The molecule has 1 aromatic carbocycles. The first kappa shape index (κ1) is 14.0. The number of nitrogens with two attached hydrogens (primary N) is 1. The Morgan fingerprint density at radius 3 is 2.52 bits per heavy atom. The van der Waals surface area contributed by atoms with E-state index in [2.05, 4.69) is 15.5 Å². The third kappa shape index (κ3) is 3.04. The molecule has 1 heterocycles. The number of halogens is 1. The van der Waals surface area contributed by atoms with Crippen LogP contribution in [0.15, 0.2) is 18.2 Å². The highest BCUT2D eigenvalue weighted by molar-refractivity contribution is 5.61. The van der Waals surface area contributed by atoms with E-state index in [1.54, 1.807) is 12.1 Å². The summed E-state index contributed by atoms with van der Waals surface area (Å²) in [7, 11) is 0. The van der Waals surface area contributed by atoms with Gasteiger partial charge in [-0.3, -0.25) is 0 Å². The number of nitrogen functional groups attached to an aromatic ring is 1. The minimum absolute atomic E-state index is 0.125. The van der Waals surface area contributed by atoms with E-state index in [1.807, 2.05) is 4.68 Å². The van der Waals surface area contributed by atoms with Crippen LogP contribution in [0.1, 0.15) is 51.0 Å². The summed E-state index contributed by atoms with van der Waals surface area (Å²) in [6.07, 6.45) is 8.47. The van der Waals surface area contributed by atoms with Crippen molar-refractivity contribution in [2.24, 2.45) is 0 Å². The van der Waals surface area contributed by atoms with Gasteiger partial charge in [0.25, 0.3) is 0 Å². The normalized spacial score (nSPS) is 17.4. The molecule has 1 aromatic heterocycles. The first-order chi connectivity index (χ1) is 10.3. The lowest BCUT2D eigenvalue weighted by Gasteiger charge is -2.20. The van der Waals surface area contributed by atoms with Gasteiger partial charge >= 0.3 is 0 Å². The second-order valence-electron chi connectivity index (χ2n) is 5.68. The monoisotopic (exact) mass is 289 g/mol. The first-order valence-electron chi connectivity index (χ1n) is 7.59. The van der Waals surface area contributed by atoms with Gasteiger partial charge in [-0.1, -0.05) is 32.1 Å². The van der Waals surface area contributed by atoms with Gasteiger partial charge in [0.05, 0.1) is 11.7 Å². The lowest BCUT2D eigenvalue weighted by atomic mass is 9.96. The largest absolute Gasteiger partial charge is 0.396 e. The van der Waals surface area contributed by atoms with Gasteiger partial charge in [-0.2, -0.15) is 0 Å². The molecule has 2 N–H and O–H groups in total. The number of hydrogen-bond donors (Lipinski definition) is 1. The van der Waals surface area contributed by atoms with Gasteiger partial charge in [0.1, 0.15) is 5.82 Å². The lowest BCUT2D eigenvalue weighted by Crippen LogP contribution is -2.14. The number of nitrogens with zero attached hydrogens (tertiary/aromatic N) is 4. The van der Waals surface area contributed by atoms with E-state index in [-0.39, 0.29) is 5.69 Å². The van der Waals surface area contributed by atoms with Crippen molar-refractivity contribution in [1.29, 1.82) is 0 Å². The summed E-state index contributed by atoms with van der Waals surface area (Å²) in [5.41, 5.74) is 6.54. The number of aromatic nitrogens is 4. The summed E-state index contributed by atoms with van der Waals surface area (Å²) < 4.78 is 15.2. The fourth-order valence-electron chi connectivity index (χ4n) is 2.99. The minimum Gasteiger partial charge on any atom is -0.396 e. The molecule has 112 valence electrons. The maximum absolute atomic E-state index is 13.3.